The average Bonchev–Trinajstić information content (AvgIpc) is 1.56. The lowest BCUT2D eigenvalue weighted by Crippen LogP contribution is -2.04. The molecular formula is C134H138N8. The van der Waals surface area contributed by atoms with Gasteiger partial charge in [-0.15, -0.1) is 0 Å². The predicted octanol–water partition coefficient (Wildman–Crippen LogP) is 37.8. The number of benzene rings is 14. The molecule has 0 spiro atoms. The number of para-hydroxylation sites is 4. The Labute approximate surface area is 841 Å². The lowest BCUT2D eigenvalue weighted by Gasteiger charge is -2.20. The van der Waals surface area contributed by atoms with E-state index in [0.29, 0.717) is 5.95 Å². The van der Waals surface area contributed by atoms with Gasteiger partial charge in [0.2, 0.25) is 5.95 Å². The van der Waals surface area contributed by atoms with Crippen LogP contribution >= 0.6 is 0 Å². The molecule has 21 rings (SSSR count). The molecule has 0 bridgehead atoms. The number of rotatable bonds is 40. The highest BCUT2D eigenvalue weighted by Gasteiger charge is 2.23. The molecule has 1 unspecified atom stereocenters. The number of aryl methyl sites for hydroxylation is 4. The first-order valence-electron chi connectivity index (χ1n) is 52.9. The molecular weight excluding hydrogens is 1720 g/mol. The minimum absolute atomic E-state index is 0.168. The summed E-state index contributed by atoms with van der Waals surface area (Å²) in [6.07, 6.45) is 51.6. The van der Waals surface area contributed by atoms with Crippen molar-refractivity contribution < 1.29 is 0 Å². The first-order valence-corrected chi connectivity index (χ1v) is 52.9. The maximum absolute atomic E-state index is 4.58. The van der Waals surface area contributed by atoms with Gasteiger partial charge < -0.3 is 18.3 Å². The summed E-state index contributed by atoms with van der Waals surface area (Å²) >= 11 is 0. The van der Waals surface area contributed by atoms with E-state index in [9.17, 15) is 0 Å². The van der Waals surface area contributed by atoms with Crippen molar-refractivity contribution in [3.05, 3.63) is 434 Å². The van der Waals surface area contributed by atoms with Crippen molar-refractivity contribution in [2.24, 2.45) is 0 Å². The molecule has 0 aliphatic rings. The summed E-state index contributed by atoms with van der Waals surface area (Å²) in [6, 6.07) is 118. The van der Waals surface area contributed by atoms with Crippen LogP contribution in [-0.4, -0.2) is 37.8 Å². The second-order valence-electron chi connectivity index (χ2n) is 38.7. The van der Waals surface area contributed by atoms with Crippen molar-refractivity contribution in [2.75, 3.05) is 0 Å². The van der Waals surface area contributed by atoms with Crippen LogP contribution in [0.4, 0.5) is 0 Å². The van der Waals surface area contributed by atoms with Gasteiger partial charge in [0, 0.05) is 113 Å². The fourth-order valence-electron chi connectivity index (χ4n) is 21.4. The van der Waals surface area contributed by atoms with Crippen molar-refractivity contribution in [2.45, 2.75) is 213 Å². The number of fused-ring (bicyclic) bond motifs is 15. The van der Waals surface area contributed by atoms with Gasteiger partial charge in [-0.25, -0.2) is 9.97 Å². The van der Waals surface area contributed by atoms with E-state index in [2.05, 4.69) is 413 Å². The van der Waals surface area contributed by atoms with Crippen LogP contribution in [0, 0.1) is 0 Å². The molecule has 142 heavy (non-hydrogen) atoms. The van der Waals surface area contributed by atoms with E-state index < -0.39 is 0 Å². The molecule has 0 aliphatic carbocycles. The highest BCUT2D eigenvalue weighted by molar-refractivity contribution is 6.14. The summed E-state index contributed by atoms with van der Waals surface area (Å²) in [5.74, 6) is 0.868. The zero-order valence-electron chi connectivity index (χ0n) is 84.0. The van der Waals surface area contributed by atoms with Gasteiger partial charge in [-0.3, -0.25) is 9.55 Å². The van der Waals surface area contributed by atoms with E-state index in [4.69, 9.17) is 0 Å². The molecule has 1 atom stereocenters. The molecule has 21 aromatic rings. The van der Waals surface area contributed by atoms with Crippen molar-refractivity contribution >= 4 is 133 Å². The number of unbranched alkanes of at least 4 members (excludes halogenated alkanes) is 20. The Bertz CT molecular complexity index is 7640. The summed E-state index contributed by atoms with van der Waals surface area (Å²) < 4.78 is 11.8. The fraction of sp³-hybridized carbons (Fsp3) is 0.246. The smallest absolute Gasteiger partial charge is 0.234 e. The van der Waals surface area contributed by atoms with E-state index in [1.165, 1.54) is 308 Å². The maximum atomic E-state index is 4.58. The number of hydrogen-bond donors (Lipinski definition) is 0. The van der Waals surface area contributed by atoms with E-state index in [1.54, 1.807) is 6.08 Å². The summed E-state index contributed by atoms with van der Waals surface area (Å²) in [5.41, 5.74) is 30.9. The van der Waals surface area contributed by atoms with Gasteiger partial charge in [-0.2, -0.15) is 0 Å². The predicted molar refractivity (Wildman–Crippen MR) is 613 cm³/mol. The Kier molecular flexibility index (Phi) is 32.9. The molecule has 714 valence electrons. The van der Waals surface area contributed by atoms with E-state index in [0.717, 1.165) is 64.7 Å². The monoisotopic (exact) mass is 1860 g/mol. The quantitative estimate of drug-likeness (QED) is 0.0284. The molecule has 8 nitrogen and oxygen atoms in total. The van der Waals surface area contributed by atoms with Crippen molar-refractivity contribution in [3.63, 3.8) is 0 Å². The molecule has 0 saturated carbocycles. The molecule has 14 aromatic carbocycles. The second-order valence-corrected chi connectivity index (χ2v) is 38.7. The number of nitrogens with zero attached hydrogens (tertiary/aromatic N) is 8. The Morgan fingerprint density at radius 3 is 0.859 bits per heavy atom. The van der Waals surface area contributed by atoms with Crippen LogP contribution in [0.25, 0.3) is 162 Å². The van der Waals surface area contributed by atoms with Crippen molar-refractivity contribution in [1.29, 1.82) is 0 Å². The van der Waals surface area contributed by atoms with Crippen LogP contribution in [0.5, 0.6) is 0 Å². The molecule has 0 radical (unpaired) electrons. The number of hydrogen-bond acceptors (Lipinski definition) is 3. The third-order valence-electron chi connectivity index (χ3n) is 29.0. The second kappa shape index (κ2) is 48.0. The molecule has 8 heteroatoms. The van der Waals surface area contributed by atoms with Gasteiger partial charge >= 0.3 is 0 Å². The Morgan fingerprint density at radius 2 is 0.486 bits per heavy atom. The third-order valence-corrected chi connectivity index (χ3v) is 29.0. The zero-order valence-corrected chi connectivity index (χ0v) is 84.0. The molecule has 0 aliphatic heterocycles. The third kappa shape index (κ3) is 22.2. The minimum atomic E-state index is 0.168. The normalized spacial score (nSPS) is 11.7. The van der Waals surface area contributed by atoms with E-state index in [1.807, 2.05) is 43.0 Å². The lowest BCUT2D eigenvalue weighted by atomic mass is 9.85. The Morgan fingerprint density at radius 1 is 0.218 bits per heavy atom. The summed E-state index contributed by atoms with van der Waals surface area (Å²) in [4.78, 5) is 13.6. The zero-order chi connectivity index (χ0) is 97.3. The molecule has 7 aromatic heterocycles. The number of pyridine rings is 1. The van der Waals surface area contributed by atoms with Crippen LogP contribution in [0.3, 0.4) is 0 Å². The highest BCUT2D eigenvalue weighted by atomic mass is 15.1. The fourth-order valence-corrected chi connectivity index (χ4v) is 21.4. The molecule has 0 fully saturated rings. The van der Waals surface area contributed by atoms with E-state index >= 15 is 0 Å². The van der Waals surface area contributed by atoms with Gasteiger partial charge in [0.1, 0.15) is 0 Å². The van der Waals surface area contributed by atoms with Gasteiger partial charge in [0.15, 0.2) is 0 Å². The van der Waals surface area contributed by atoms with Crippen LogP contribution < -0.4 is 0 Å². The van der Waals surface area contributed by atoms with Crippen LogP contribution in [-0.2, 0) is 25.7 Å². The standard InChI is InChI=1S/C41H41N.C40H38N2.C27H30N2.C26H29N3/c1-3-5-6-7-8-10-15-32-22-29-40-38(30-32)37-18-13-14-19-39(37)42(40)36-27-25-35(26-28-36)41(33-16-11-9-12-17-33)34-23-20-31(4-2)21-24-34;1-3-5-6-7-8-9-14-30-21-25-39-35(27-30)33-15-10-13-18-38(33)42(39)32-24-26-40-36(28-32)34-16-11-12-17-37(34)41(40)31-22-19-29(4-2)20-23-31;1-3-5-6-7-8-9-10-22-13-16-26-24(19-22)25-20-28-18-17-27(25)29(26)23-14-11-21(4-2)12-15-23;1-3-5-6-7-8-9-12-21-15-16-25-23(17-21)22-13-10-11-14-24(22)29(25)26-27-18-20(4-2)19-28-26/h4,9,11-14,16-30,41H,2-3,5-8,10,15H2,1H3;4,10-13,15-28H,2-3,5-9,14H2,1H3;4,11-20H,2-3,5-10H2,1H3;4,10-11,13-19H,2-3,5-9,12H2,1H3. The molecule has 0 saturated heterocycles. The molecule has 0 N–H and O–H groups in total. The lowest BCUT2D eigenvalue weighted by molar-refractivity contribution is 0.607. The van der Waals surface area contributed by atoms with Crippen LogP contribution in [0.2, 0.25) is 0 Å². The van der Waals surface area contributed by atoms with Crippen LogP contribution in [0.1, 0.15) is 249 Å². The van der Waals surface area contributed by atoms with Crippen molar-refractivity contribution in [3.8, 4) is 28.7 Å². The van der Waals surface area contributed by atoms with Gasteiger partial charge in [0.25, 0.3) is 0 Å². The summed E-state index contributed by atoms with van der Waals surface area (Å²) in [5, 5.41) is 12.9. The first kappa shape index (κ1) is 97.5. The first-order chi connectivity index (χ1) is 70.2. The van der Waals surface area contributed by atoms with Gasteiger partial charge in [0.05, 0.1) is 55.2 Å². The molecule has 0 amide bonds. The van der Waals surface area contributed by atoms with Crippen LogP contribution in [0.15, 0.2) is 373 Å². The van der Waals surface area contributed by atoms with Crippen molar-refractivity contribution in [1.82, 2.24) is 37.8 Å². The highest BCUT2D eigenvalue weighted by Crippen LogP contribution is 2.42. The van der Waals surface area contributed by atoms with Gasteiger partial charge in [-0.05, 0) is 240 Å². The summed E-state index contributed by atoms with van der Waals surface area (Å²) in [6.45, 7) is 24.6. The molecule has 7 heterocycles. The summed E-state index contributed by atoms with van der Waals surface area (Å²) in [7, 11) is 0. The van der Waals surface area contributed by atoms with E-state index in [-0.39, 0.29) is 5.92 Å². The average molecular weight is 1860 g/mol. The number of aromatic nitrogens is 8. The largest absolute Gasteiger partial charge is 0.309 e. The Balaban J connectivity index is 0.000000127. The topological polar surface area (TPSA) is 63.3 Å². The Hall–Kier alpha value is -14.7. The minimum Gasteiger partial charge on any atom is -0.309 e. The maximum Gasteiger partial charge on any atom is 0.234 e. The van der Waals surface area contributed by atoms with Gasteiger partial charge in [-0.1, -0.05) is 395 Å². The SMILES string of the molecule is C=Cc1ccc(-n2c3ccccc3c3cc(-n4c5ccccc5c5cc(CCCCCCCC)ccc54)ccc32)cc1.C=Cc1ccc(-n2c3ccncc3c3cc(CCCCCCCC)ccc32)cc1.C=Cc1ccc(C(c2ccccc2)c2ccc(-n3c4ccccc4c4cc(CCCCCCCC)ccc43)cc2)cc1.C=Cc1cnc(-n2c3ccccc3c3cc(CCCCCCCC)ccc32)nc1.